The molecule has 0 spiro atoms. The van der Waals surface area contributed by atoms with Gasteiger partial charge in [-0.2, -0.15) is 4.98 Å². The number of esters is 3. The molecule has 2 unspecified atom stereocenters. The molecule has 0 aromatic carbocycles. The van der Waals surface area contributed by atoms with Crippen molar-refractivity contribution in [1.29, 1.82) is 0 Å². The number of carbonyl (C=O) groups is 3. The Bertz CT molecular complexity index is 1130. The average molecular weight is 524 g/mol. The Hall–Kier alpha value is -3.52. The van der Waals surface area contributed by atoms with Crippen molar-refractivity contribution < 1.29 is 28.6 Å². The minimum absolute atomic E-state index is 0.0846. The van der Waals surface area contributed by atoms with Gasteiger partial charge in [0.25, 0.3) is 5.56 Å². The number of nitrogens with zero attached hydrogens (tertiary/aromatic N) is 3. The topological polar surface area (TPSA) is 221 Å². The number of H-pyrrole nitrogens is 1. The molecule has 0 saturated carbocycles. The van der Waals surface area contributed by atoms with Gasteiger partial charge in [-0.05, 0) is 18.3 Å². The van der Waals surface area contributed by atoms with Crippen molar-refractivity contribution in [3.8, 4) is 0 Å². The van der Waals surface area contributed by atoms with E-state index in [2.05, 4.69) is 15.0 Å². The van der Waals surface area contributed by atoms with Gasteiger partial charge < -0.3 is 36.0 Å². The van der Waals surface area contributed by atoms with E-state index in [4.69, 9.17) is 31.4 Å². The number of ether oxygens (including phenoxy) is 3. The van der Waals surface area contributed by atoms with Crippen LogP contribution in [0.2, 0.25) is 0 Å². The van der Waals surface area contributed by atoms with Crippen LogP contribution in [-0.2, 0) is 35.1 Å². The summed E-state index contributed by atoms with van der Waals surface area (Å²) in [6.07, 6.45) is 1.57. The van der Waals surface area contributed by atoms with Crippen molar-refractivity contribution in [3.05, 3.63) is 16.7 Å². The first-order chi connectivity index (χ1) is 17.3. The van der Waals surface area contributed by atoms with Gasteiger partial charge in [0.1, 0.15) is 31.9 Å². The Morgan fingerprint density at radius 3 is 2.00 bits per heavy atom. The Kier molecular flexibility index (Phi) is 10.1. The first-order valence-electron chi connectivity index (χ1n) is 11.9. The van der Waals surface area contributed by atoms with E-state index in [9.17, 15) is 19.2 Å². The molecule has 0 saturated heterocycles. The van der Waals surface area contributed by atoms with E-state index in [0.717, 1.165) is 0 Å². The highest BCUT2D eigenvalue weighted by atomic mass is 16.6. The summed E-state index contributed by atoms with van der Waals surface area (Å²) in [6, 6.07) is -1.75. The van der Waals surface area contributed by atoms with Crippen LogP contribution in [0.15, 0.2) is 11.1 Å². The fourth-order valence-electron chi connectivity index (χ4n) is 3.27. The number of hydrogen-bond donors (Lipinski definition) is 4. The number of aromatic amines is 1. The number of anilines is 1. The van der Waals surface area contributed by atoms with Crippen molar-refractivity contribution in [1.82, 2.24) is 19.5 Å². The minimum atomic E-state index is -1.17. The van der Waals surface area contributed by atoms with Gasteiger partial charge >= 0.3 is 17.9 Å². The largest absolute Gasteiger partial charge is 0.465 e. The number of nitrogen functional groups attached to an aromatic ring is 1. The van der Waals surface area contributed by atoms with Gasteiger partial charge in [-0.1, -0.05) is 27.7 Å². The van der Waals surface area contributed by atoms with Gasteiger partial charge in [-0.25, -0.2) is 4.98 Å². The molecule has 14 nitrogen and oxygen atoms in total. The lowest BCUT2D eigenvalue weighted by atomic mass is 9.86. The smallest absolute Gasteiger partial charge is 0.323 e. The predicted molar refractivity (Wildman–Crippen MR) is 134 cm³/mol. The van der Waals surface area contributed by atoms with Crippen LogP contribution in [0.3, 0.4) is 0 Å². The van der Waals surface area contributed by atoms with Gasteiger partial charge in [-0.15, -0.1) is 0 Å². The van der Waals surface area contributed by atoms with E-state index in [1.54, 1.807) is 32.3 Å². The molecule has 0 bridgehead atoms. The van der Waals surface area contributed by atoms with Gasteiger partial charge in [0.15, 0.2) is 11.2 Å². The van der Waals surface area contributed by atoms with E-state index in [0.29, 0.717) is 0 Å². The molecule has 206 valence electrons. The average Bonchev–Trinajstić information content (AvgIpc) is 3.24. The molecular formula is C23H37N7O7. The summed E-state index contributed by atoms with van der Waals surface area (Å²) >= 11 is 0. The van der Waals surface area contributed by atoms with E-state index >= 15 is 0 Å². The maximum Gasteiger partial charge on any atom is 0.323 e. The van der Waals surface area contributed by atoms with E-state index in [1.165, 1.54) is 13.3 Å². The zero-order valence-electron chi connectivity index (χ0n) is 21.9. The number of nitrogens with two attached hydrogens (primary N) is 3. The van der Waals surface area contributed by atoms with E-state index in [-0.39, 0.29) is 61.7 Å². The van der Waals surface area contributed by atoms with Crippen LogP contribution >= 0.6 is 0 Å². The number of fused-ring (bicyclic) bond motifs is 1. The maximum absolute atomic E-state index is 12.5. The predicted octanol–water partition coefficient (Wildman–Crippen LogP) is -0.306. The normalized spacial score (nSPS) is 14.8. The second kappa shape index (κ2) is 12.6. The highest BCUT2D eigenvalue weighted by Gasteiger charge is 2.37. The number of carbonyl (C=O) groups excluding carboxylic acids is 3. The number of aromatic nitrogens is 4. The van der Waals surface area contributed by atoms with Crippen molar-refractivity contribution >= 4 is 35.0 Å². The lowest BCUT2D eigenvalue weighted by Gasteiger charge is -2.33. The number of hydrogen-bond acceptors (Lipinski definition) is 12. The van der Waals surface area contributed by atoms with Gasteiger partial charge in [0.05, 0.1) is 11.7 Å². The summed E-state index contributed by atoms with van der Waals surface area (Å²) in [6.45, 7) is 7.73. The zero-order chi connectivity index (χ0) is 27.9. The second-order valence-electron chi connectivity index (χ2n) is 9.85. The molecule has 0 amide bonds. The Morgan fingerprint density at radius 2 is 1.51 bits per heavy atom. The Labute approximate surface area is 214 Å². The van der Waals surface area contributed by atoms with Crippen LogP contribution in [0, 0.1) is 17.3 Å². The lowest BCUT2D eigenvalue weighted by Crippen LogP contribution is -2.45. The van der Waals surface area contributed by atoms with Crippen molar-refractivity contribution in [2.45, 2.75) is 59.7 Å². The molecule has 0 aliphatic carbocycles. The monoisotopic (exact) mass is 523 g/mol. The highest BCUT2D eigenvalue weighted by Crippen LogP contribution is 2.27. The quantitative estimate of drug-likeness (QED) is 0.196. The standard InChI is InChI=1S/C23H37N7O7/c1-12(2)15(24)20(33)36-9-23(8-35-14(5)31,10-37-21(34)16(25)13(3)4)6-7-30-11-27-17-18(30)28-22(26)29-19(17)32/h11-13,15-16H,6-10,24-25H2,1-5H3,(H3,26,28,29,32). The van der Waals surface area contributed by atoms with Crippen LogP contribution in [0.25, 0.3) is 11.2 Å². The first-order valence-corrected chi connectivity index (χ1v) is 11.9. The van der Waals surface area contributed by atoms with Crippen LogP contribution in [0.5, 0.6) is 0 Å². The molecule has 2 rings (SSSR count). The summed E-state index contributed by atoms with van der Waals surface area (Å²) in [7, 11) is 0. The van der Waals surface area contributed by atoms with E-state index < -0.39 is 41.0 Å². The molecule has 0 aliphatic rings. The maximum atomic E-state index is 12.5. The molecule has 37 heavy (non-hydrogen) atoms. The summed E-state index contributed by atoms with van der Waals surface area (Å²) in [4.78, 5) is 59.5. The molecule has 0 aliphatic heterocycles. The van der Waals surface area contributed by atoms with Gasteiger partial charge in [-0.3, -0.25) is 24.2 Å². The molecule has 7 N–H and O–H groups in total. The van der Waals surface area contributed by atoms with Crippen molar-refractivity contribution in [2.75, 3.05) is 25.6 Å². The minimum Gasteiger partial charge on any atom is -0.465 e. The Morgan fingerprint density at radius 1 is 1.00 bits per heavy atom. The summed E-state index contributed by atoms with van der Waals surface area (Å²) in [5.41, 5.74) is 16.2. The zero-order valence-corrected chi connectivity index (χ0v) is 21.9. The van der Waals surface area contributed by atoms with Crippen LogP contribution in [-0.4, -0.2) is 69.3 Å². The molecule has 0 fully saturated rings. The summed E-state index contributed by atoms with van der Waals surface area (Å²) in [5.74, 6) is -2.32. The molecule has 2 heterocycles. The fraction of sp³-hybridized carbons (Fsp3) is 0.652. The van der Waals surface area contributed by atoms with Gasteiger partial charge in [0.2, 0.25) is 5.95 Å². The third-order valence-electron chi connectivity index (χ3n) is 5.98. The SMILES string of the molecule is CC(=O)OCC(CCn1cnc2c(=O)[nH]c(N)nc21)(COC(=O)C(N)C(C)C)COC(=O)C(N)C(C)C. The van der Waals surface area contributed by atoms with Crippen LogP contribution < -0.4 is 22.8 Å². The van der Waals surface area contributed by atoms with E-state index in [1.807, 2.05) is 0 Å². The molecule has 2 aromatic heterocycles. The number of nitrogens with one attached hydrogen (secondary N) is 1. The molecule has 2 aromatic rings. The first kappa shape index (κ1) is 29.7. The highest BCUT2D eigenvalue weighted by molar-refractivity contribution is 5.76. The molecular weight excluding hydrogens is 486 g/mol. The third-order valence-corrected chi connectivity index (χ3v) is 5.98. The summed E-state index contributed by atoms with van der Waals surface area (Å²) in [5, 5.41) is 0. The van der Waals surface area contributed by atoms with Crippen LogP contribution in [0.4, 0.5) is 5.95 Å². The molecule has 2 atom stereocenters. The second-order valence-corrected chi connectivity index (χ2v) is 9.85. The fourth-order valence-corrected chi connectivity index (χ4v) is 3.27. The van der Waals surface area contributed by atoms with Gasteiger partial charge in [0, 0.05) is 13.5 Å². The number of rotatable bonds is 13. The summed E-state index contributed by atoms with van der Waals surface area (Å²) < 4.78 is 17.9. The molecule has 14 heteroatoms. The lowest BCUT2D eigenvalue weighted by molar-refractivity contribution is -0.164. The van der Waals surface area contributed by atoms with Crippen molar-refractivity contribution in [3.63, 3.8) is 0 Å². The third kappa shape index (κ3) is 7.98. The van der Waals surface area contributed by atoms with Crippen molar-refractivity contribution in [2.24, 2.45) is 28.7 Å². The number of imidazole rings is 1. The number of aryl methyl sites for hydroxylation is 1. The van der Waals surface area contributed by atoms with Crippen LogP contribution in [0.1, 0.15) is 41.0 Å². The molecule has 0 radical (unpaired) electrons. The Balaban J connectivity index is 2.37.